The number of carboxylic acids is 1. The van der Waals surface area contributed by atoms with Crippen molar-refractivity contribution in [2.24, 2.45) is 5.92 Å². The topological polar surface area (TPSA) is 63.1 Å². The molecule has 1 aromatic rings. The minimum absolute atomic E-state index is 0.326. The van der Waals surface area contributed by atoms with Gasteiger partial charge in [0.1, 0.15) is 5.82 Å². The molecule has 1 rings (SSSR count). The number of aliphatic carboxylic acids is 1. The highest BCUT2D eigenvalue weighted by Gasteiger charge is 2.13. The maximum absolute atomic E-state index is 10.6. The van der Waals surface area contributed by atoms with Gasteiger partial charge >= 0.3 is 5.97 Å². The Morgan fingerprint density at radius 3 is 2.67 bits per heavy atom. The van der Waals surface area contributed by atoms with Gasteiger partial charge in [0.2, 0.25) is 0 Å². The second-order valence-corrected chi connectivity index (χ2v) is 5.64. The van der Waals surface area contributed by atoms with Gasteiger partial charge in [-0.1, -0.05) is 32.5 Å². The van der Waals surface area contributed by atoms with Crippen molar-refractivity contribution in [2.45, 2.75) is 31.0 Å². The fourth-order valence-corrected chi connectivity index (χ4v) is 2.56. The lowest BCUT2D eigenvalue weighted by molar-refractivity contribution is -0.140. The Balaban J connectivity index is 2.47. The average molecular weight is 246 g/mol. The van der Waals surface area contributed by atoms with Gasteiger partial charge in [0.05, 0.1) is 5.92 Å². The fourth-order valence-electron chi connectivity index (χ4n) is 0.781. The van der Waals surface area contributed by atoms with Gasteiger partial charge in [-0.2, -0.15) is 4.37 Å². The molecule has 0 saturated carbocycles. The number of hydrogen-bond acceptors (Lipinski definition) is 5. The molecule has 4 nitrogen and oxygen atoms in total. The van der Waals surface area contributed by atoms with E-state index in [1.165, 1.54) is 23.3 Å². The van der Waals surface area contributed by atoms with Crippen molar-refractivity contribution in [3.05, 3.63) is 5.82 Å². The van der Waals surface area contributed by atoms with E-state index < -0.39 is 5.97 Å². The largest absolute Gasteiger partial charge is 0.481 e. The molecular weight excluding hydrogens is 232 g/mol. The molecule has 0 aromatic carbocycles. The molecule has 1 heterocycles. The maximum Gasteiger partial charge on any atom is 0.307 e. The molecule has 0 amide bonds. The van der Waals surface area contributed by atoms with Gasteiger partial charge in [0, 0.05) is 11.7 Å². The van der Waals surface area contributed by atoms with Gasteiger partial charge in [-0.05, 0) is 11.5 Å². The normalized spacial score (nSPS) is 13.1. The molecule has 84 valence electrons. The molecule has 1 aromatic heterocycles. The maximum atomic E-state index is 10.6. The van der Waals surface area contributed by atoms with Crippen LogP contribution in [0.15, 0.2) is 4.34 Å². The molecule has 6 heteroatoms. The van der Waals surface area contributed by atoms with Gasteiger partial charge in [-0.3, -0.25) is 4.79 Å². The number of hydrogen-bond donors (Lipinski definition) is 1. The quantitative estimate of drug-likeness (QED) is 0.809. The Labute approximate surface area is 97.3 Å². The van der Waals surface area contributed by atoms with E-state index in [1.807, 2.05) is 13.8 Å². The monoisotopic (exact) mass is 246 g/mol. The summed E-state index contributed by atoms with van der Waals surface area (Å²) < 4.78 is 5.05. The number of carbonyl (C=O) groups is 1. The van der Waals surface area contributed by atoms with Crippen LogP contribution in [0.25, 0.3) is 0 Å². The van der Waals surface area contributed by atoms with Crippen molar-refractivity contribution in [3.8, 4) is 0 Å². The van der Waals surface area contributed by atoms with Crippen LogP contribution in [0.2, 0.25) is 0 Å². The molecule has 0 saturated heterocycles. The van der Waals surface area contributed by atoms with E-state index in [0.717, 1.165) is 10.2 Å². The van der Waals surface area contributed by atoms with Crippen molar-refractivity contribution in [1.29, 1.82) is 0 Å². The van der Waals surface area contributed by atoms with Crippen LogP contribution >= 0.6 is 23.3 Å². The van der Waals surface area contributed by atoms with Crippen molar-refractivity contribution in [3.63, 3.8) is 0 Å². The summed E-state index contributed by atoms with van der Waals surface area (Å²) in [7, 11) is 0. The fraction of sp³-hybridized carbons (Fsp3) is 0.667. The van der Waals surface area contributed by atoms with Gasteiger partial charge < -0.3 is 5.11 Å². The molecule has 0 aliphatic carbocycles. The molecule has 0 spiro atoms. The van der Waals surface area contributed by atoms with Gasteiger partial charge in [0.25, 0.3) is 0 Å². The van der Waals surface area contributed by atoms with E-state index in [-0.39, 0.29) is 5.92 Å². The molecule has 1 atom stereocenters. The minimum Gasteiger partial charge on any atom is -0.481 e. The minimum atomic E-state index is -0.768. The standard InChI is InChI=1S/C9H14N2O2S2/c1-5(2)7-10-9(15-11-7)14-4-6(3)8(12)13/h5-6H,4H2,1-3H3,(H,12,13). The Bertz CT molecular complexity index is 339. The third-order valence-corrected chi connectivity index (χ3v) is 3.93. The highest BCUT2D eigenvalue weighted by molar-refractivity contribution is 8.00. The van der Waals surface area contributed by atoms with E-state index in [9.17, 15) is 4.79 Å². The summed E-state index contributed by atoms with van der Waals surface area (Å²) in [5.74, 6) is 0.595. The number of nitrogens with zero attached hydrogens (tertiary/aromatic N) is 2. The van der Waals surface area contributed by atoms with Crippen molar-refractivity contribution in [1.82, 2.24) is 9.36 Å². The summed E-state index contributed by atoms with van der Waals surface area (Å²) in [6.07, 6.45) is 0. The van der Waals surface area contributed by atoms with Gasteiger partial charge in [-0.25, -0.2) is 4.98 Å². The number of carboxylic acid groups (broad SMARTS) is 1. The van der Waals surface area contributed by atoms with Crippen molar-refractivity contribution < 1.29 is 9.90 Å². The molecule has 0 aliphatic heterocycles. The van der Waals surface area contributed by atoms with E-state index in [1.54, 1.807) is 6.92 Å². The Kier molecular flexibility index (Phi) is 4.53. The predicted octanol–water partition coefficient (Wildman–Crippen LogP) is 2.47. The summed E-state index contributed by atoms with van der Waals surface area (Å²) in [5.41, 5.74) is 0. The molecule has 0 radical (unpaired) electrons. The second kappa shape index (κ2) is 5.46. The number of rotatable bonds is 5. The Morgan fingerprint density at radius 2 is 2.20 bits per heavy atom. The van der Waals surface area contributed by atoms with Crippen LogP contribution < -0.4 is 0 Å². The van der Waals surface area contributed by atoms with Crippen LogP contribution in [-0.4, -0.2) is 26.2 Å². The second-order valence-electron chi connectivity index (χ2n) is 3.62. The van der Waals surface area contributed by atoms with E-state index >= 15 is 0 Å². The first-order chi connectivity index (χ1) is 7.00. The molecule has 1 unspecified atom stereocenters. The highest BCUT2D eigenvalue weighted by Crippen LogP contribution is 2.24. The number of aromatic nitrogens is 2. The van der Waals surface area contributed by atoms with Crippen LogP contribution in [0.3, 0.4) is 0 Å². The van der Waals surface area contributed by atoms with Crippen molar-refractivity contribution >= 4 is 29.3 Å². The van der Waals surface area contributed by atoms with Crippen LogP contribution in [0.1, 0.15) is 32.5 Å². The lowest BCUT2D eigenvalue weighted by atomic mass is 10.2. The summed E-state index contributed by atoms with van der Waals surface area (Å²) in [4.78, 5) is 14.9. The first kappa shape index (κ1) is 12.4. The lowest BCUT2D eigenvalue weighted by Crippen LogP contribution is -2.11. The highest BCUT2D eigenvalue weighted by atomic mass is 32.2. The zero-order chi connectivity index (χ0) is 11.4. The lowest BCUT2D eigenvalue weighted by Gasteiger charge is -2.02. The summed E-state index contributed by atoms with van der Waals surface area (Å²) in [5, 5.41) is 8.71. The molecule has 0 aliphatic rings. The van der Waals surface area contributed by atoms with Crippen LogP contribution in [0, 0.1) is 5.92 Å². The average Bonchev–Trinajstić information content (AvgIpc) is 2.62. The zero-order valence-electron chi connectivity index (χ0n) is 8.93. The summed E-state index contributed by atoms with van der Waals surface area (Å²) in [6, 6.07) is 0. The zero-order valence-corrected chi connectivity index (χ0v) is 10.6. The third kappa shape index (κ3) is 3.79. The predicted molar refractivity (Wildman–Crippen MR) is 61.5 cm³/mol. The smallest absolute Gasteiger partial charge is 0.307 e. The molecule has 0 bridgehead atoms. The molecule has 0 fully saturated rings. The van der Waals surface area contributed by atoms with Crippen molar-refractivity contribution in [2.75, 3.05) is 5.75 Å². The third-order valence-electron chi connectivity index (χ3n) is 1.82. The first-order valence-electron chi connectivity index (χ1n) is 4.70. The van der Waals surface area contributed by atoms with Gasteiger partial charge in [-0.15, -0.1) is 0 Å². The summed E-state index contributed by atoms with van der Waals surface area (Å²) >= 11 is 2.80. The van der Waals surface area contributed by atoms with Crippen LogP contribution in [-0.2, 0) is 4.79 Å². The van der Waals surface area contributed by atoms with Gasteiger partial charge in [0.15, 0.2) is 4.34 Å². The van der Waals surface area contributed by atoms with E-state index in [0.29, 0.717) is 11.7 Å². The molecule has 1 N–H and O–H groups in total. The Hall–Kier alpha value is -0.620. The van der Waals surface area contributed by atoms with Crippen LogP contribution in [0.4, 0.5) is 0 Å². The van der Waals surface area contributed by atoms with E-state index in [2.05, 4.69) is 9.36 Å². The molecule has 15 heavy (non-hydrogen) atoms. The van der Waals surface area contributed by atoms with E-state index in [4.69, 9.17) is 5.11 Å². The molecular formula is C9H14N2O2S2. The first-order valence-corrected chi connectivity index (χ1v) is 6.45. The van der Waals surface area contributed by atoms with Crippen LogP contribution in [0.5, 0.6) is 0 Å². The number of thioether (sulfide) groups is 1. The Morgan fingerprint density at radius 1 is 1.53 bits per heavy atom. The summed E-state index contributed by atoms with van der Waals surface area (Å²) in [6.45, 7) is 5.77. The SMILES string of the molecule is CC(CSc1nc(C(C)C)ns1)C(=O)O.